The molecule has 0 saturated carbocycles. The van der Waals surface area contributed by atoms with Crippen molar-refractivity contribution in [2.45, 2.75) is 195 Å². The molecule has 244 valence electrons. The van der Waals surface area contributed by atoms with E-state index in [1.807, 2.05) is 0 Å². The molecule has 0 aliphatic carbocycles. The first-order valence-electron chi connectivity index (χ1n) is 17.9. The van der Waals surface area contributed by atoms with Crippen LogP contribution in [0.1, 0.15) is 195 Å². The van der Waals surface area contributed by atoms with Crippen LogP contribution in [-0.4, -0.2) is 19.8 Å². The fourth-order valence-electron chi connectivity index (χ4n) is 4.97. The summed E-state index contributed by atoms with van der Waals surface area (Å²) in [5.41, 5.74) is 3.91. The van der Waals surface area contributed by atoms with Gasteiger partial charge in [-0.1, -0.05) is 169 Å². The van der Waals surface area contributed by atoms with Crippen molar-refractivity contribution >= 4 is 7.82 Å². The van der Waals surface area contributed by atoms with Crippen molar-refractivity contribution in [2.75, 3.05) is 19.8 Å². The van der Waals surface area contributed by atoms with E-state index in [2.05, 4.69) is 33.4 Å². The van der Waals surface area contributed by atoms with Crippen LogP contribution in [0.5, 0.6) is 0 Å². The normalized spacial score (nSPS) is 12.3. The van der Waals surface area contributed by atoms with Gasteiger partial charge >= 0.3 is 0 Å². The Morgan fingerprint density at radius 3 is 1.10 bits per heavy atom. The summed E-state index contributed by atoms with van der Waals surface area (Å²) in [5.74, 6) is 0.893. The lowest BCUT2D eigenvalue weighted by Gasteiger charge is -2.22. The minimum atomic E-state index is -4.10. The minimum absolute atomic E-state index is 0.260. The molecule has 1 atom stereocenters. The molecule has 5 nitrogen and oxygen atoms in total. The van der Waals surface area contributed by atoms with Gasteiger partial charge in [0.05, 0.1) is 19.8 Å². The topological polar surface area (TPSA) is 86.2 Å². The Labute approximate surface area is 252 Å². The molecule has 0 spiro atoms. The first-order valence-corrected chi connectivity index (χ1v) is 19.3. The van der Waals surface area contributed by atoms with Gasteiger partial charge in [-0.3, -0.25) is 4.57 Å². The van der Waals surface area contributed by atoms with Crippen molar-refractivity contribution in [2.24, 2.45) is 5.92 Å². The van der Waals surface area contributed by atoms with E-state index < -0.39 is 7.82 Å². The quantitative estimate of drug-likeness (QED) is 0.0642. The van der Waals surface area contributed by atoms with Gasteiger partial charge in [0.15, 0.2) is 0 Å². The molecular formula is C34H74NO4P. The van der Waals surface area contributed by atoms with E-state index in [0.717, 1.165) is 38.1 Å². The Morgan fingerprint density at radius 1 is 0.525 bits per heavy atom. The lowest BCUT2D eigenvalue weighted by atomic mass is 10.00. The highest BCUT2D eigenvalue weighted by Crippen LogP contribution is 2.38. The molecular weight excluding hydrogens is 517 g/mol. The fraction of sp³-hybridized carbons (Fsp3) is 1.00. The maximum Gasteiger partial charge on any atom is 0.267 e. The van der Waals surface area contributed by atoms with Gasteiger partial charge in [-0.25, -0.2) is 0 Å². The van der Waals surface area contributed by atoms with E-state index in [4.69, 9.17) is 9.05 Å². The highest BCUT2D eigenvalue weighted by molar-refractivity contribution is 7.45. The highest BCUT2D eigenvalue weighted by Gasteiger charge is 2.08. The molecule has 0 aromatic rings. The molecule has 0 aliphatic rings. The average Bonchev–Trinajstić information content (AvgIpc) is 2.95. The standard InChI is InChI=1S/C26H55O4P.C8H19N/c1-3-5-7-9-11-13-15-17-19-21-23-25-29-31(27,28)30-26-24-22-20-18-16-14-12-10-8-6-4-2;1-3-5-6-8(4-2)7-9/h3-26H2,1-2H3,(H,27,28);8H,3-7,9H2,1-2H3. The number of hydrogen-bond donors (Lipinski definition) is 1. The number of phosphoric acid groups is 1. The summed E-state index contributed by atoms with van der Waals surface area (Å²) in [4.78, 5) is 11.8. The van der Waals surface area contributed by atoms with E-state index in [9.17, 15) is 9.46 Å². The van der Waals surface area contributed by atoms with Crippen molar-refractivity contribution in [3.8, 4) is 0 Å². The van der Waals surface area contributed by atoms with Gasteiger partial charge in [0, 0.05) is 5.92 Å². The van der Waals surface area contributed by atoms with E-state index in [1.165, 1.54) is 141 Å². The molecule has 40 heavy (non-hydrogen) atoms. The van der Waals surface area contributed by atoms with Crippen molar-refractivity contribution in [1.29, 1.82) is 0 Å². The summed E-state index contributed by atoms with van der Waals surface area (Å²) in [5, 5.41) is 0. The summed E-state index contributed by atoms with van der Waals surface area (Å²) in [6.07, 6.45) is 32.8. The number of unbranched alkanes of at least 4 members (excludes halogenated alkanes) is 21. The van der Waals surface area contributed by atoms with Gasteiger partial charge in [0.1, 0.15) is 0 Å². The van der Waals surface area contributed by atoms with Crippen LogP contribution in [0.25, 0.3) is 0 Å². The van der Waals surface area contributed by atoms with Gasteiger partial charge in [-0.2, -0.15) is 0 Å². The zero-order valence-electron chi connectivity index (χ0n) is 27.9. The molecule has 0 aliphatic heterocycles. The summed E-state index contributed by atoms with van der Waals surface area (Å²) in [6, 6.07) is 0. The van der Waals surface area contributed by atoms with Gasteiger partial charge in [-0.05, 0) is 25.7 Å². The predicted octanol–water partition coefficient (Wildman–Crippen LogP) is 10.6. The maximum atomic E-state index is 11.8. The van der Waals surface area contributed by atoms with Crippen molar-refractivity contribution < 1.29 is 24.2 Å². The SMILES string of the molecule is CCCCC(CC)C[NH3+].CCCCCCCCCCCCCOP(=O)([O-])OCCCCCCCCCCCCC. The lowest BCUT2D eigenvalue weighted by molar-refractivity contribution is -0.379. The van der Waals surface area contributed by atoms with Crippen molar-refractivity contribution in [3.05, 3.63) is 0 Å². The van der Waals surface area contributed by atoms with Crippen molar-refractivity contribution in [3.63, 3.8) is 0 Å². The highest BCUT2D eigenvalue weighted by atomic mass is 31.2. The maximum absolute atomic E-state index is 11.8. The molecule has 0 radical (unpaired) electrons. The number of phosphoric ester groups is 1. The van der Waals surface area contributed by atoms with Crippen LogP contribution in [0, 0.1) is 5.92 Å². The first-order chi connectivity index (χ1) is 19.5. The minimum Gasteiger partial charge on any atom is -0.756 e. The molecule has 0 amide bonds. The Hall–Kier alpha value is 0.0700. The van der Waals surface area contributed by atoms with Crippen LogP contribution >= 0.6 is 7.82 Å². The second kappa shape index (κ2) is 35.3. The first kappa shape index (κ1) is 42.2. The number of hydrogen-bond acceptors (Lipinski definition) is 4. The lowest BCUT2D eigenvalue weighted by Crippen LogP contribution is -2.53. The average molecular weight is 592 g/mol. The van der Waals surface area contributed by atoms with Crippen LogP contribution in [0.4, 0.5) is 0 Å². The smallest absolute Gasteiger partial charge is 0.267 e. The summed E-state index contributed by atoms with van der Waals surface area (Å²) in [7, 11) is -4.10. The summed E-state index contributed by atoms with van der Waals surface area (Å²) in [6.45, 7) is 10.6. The van der Waals surface area contributed by atoms with Crippen molar-refractivity contribution in [1.82, 2.24) is 0 Å². The molecule has 0 fully saturated rings. The monoisotopic (exact) mass is 592 g/mol. The van der Waals surface area contributed by atoms with Gasteiger partial charge in [0.25, 0.3) is 7.82 Å². The van der Waals surface area contributed by atoms with Gasteiger partial charge in [0.2, 0.25) is 0 Å². The van der Waals surface area contributed by atoms with Crippen LogP contribution in [-0.2, 0) is 13.6 Å². The van der Waals surface area contributed by atoms with Gasteiger partial charge < -0.3 is 19.7 Å². The van der Waals surface area contributed by atoms with Crippen LogP contribution in [0.15, 0.2) is 0 Å². The third kappa shape index (κ3) is 36.1. The molecule has 3 N–H and O–H groups in total. The second-order valence-corrected chi connectivity index (χ2v) is 13.3. The molecule has 0 bridgehead atoms. The van der Waals surface area contributed by atoms with Crippen LogP contribution < -0.4 is 10.6 Å². The molecule has 0 aromatic heterocycles. The Kier molecular flexibility index (Phi) is 37.2. The second-order valence-electron chi connectivity index (χ2n) is 11.9. The predicted molar refractivity (Wildman–Crippen MR) is 173 cm³/mol. The molecule has 0 aromatic carbocycles. The van der Waals surface area contributed by atoms with Gasteiger partial charge in [-0.15, -0.1) is 0 Å². The number of rotatable bonds is 31. The molecule has 1 unspecified atom stereocenters. The Morgan fingerprint density at radius 2 is 0.825 bits per heavy atom. The van der Waals surface area contributed by atoms with E-state index >= 15 is 0 Å². The van der Waals surface area contributed by atoms with E-state index in [0.29, 0.717) is 0 Å². The fourth-order valence-corrected chi connectivity index (χ4v) is 5.75. The zero-order valence-corrected chi connectivity index (χ0v) is 28.8. The molecule has 0 rings (SSSR count). The Balaban J connectivity index is 0. The third-order valence-corrected chi connectivity index (χ3v) is 8.94. The Bertz CT molecular complexity index is 470. The zero-order chi connectivity index (χ0) is 30.0. The van der Waals surface area contributed by atoms with E-state index in [-0.39, 0.29) is 13.2 Å². The largest absolute Gasteiger partial charge is 0.756 e. The summed E-state index contributed by atoms with van der Waals surface area (Å²) >= 11 is 0. The number of quaternary nitrogens is 1. The molecule has 0 heterocycles. The molecule has 6 heteroatoms. The van der Waals surface area contributed by atoms with E-state index in [1.54, 1.807) is 0 Å². The van der Waals surface area contributed by atoms with Crippen LogP contribution in [0.3, 0.4) is 0 Å². The molecule has 0 saturated heterocycles. The summed E-state index contributed by atoms with van der Waals surface area (Å²) < 4.78 is 21.8. The van der Waals surface area contributed by atoms with Crippen LogP contribution in [0.2, 0.25) is 0 Å². The third-order valence-electron chi connectivity index (χ3n) is 7.95.